The fourth-order valence-electron chi connectivity index (χ4n) is 0.959. The highest BCUT2D eigenvalue weighted by atomic mass is 16.4. The van der Waals surface area contributed by atoms with E-state index in [0.717, 1.165) is 12.2 Å². The lowest BCUT2D eigenvalue weighted by atomic mass is 10.1. The minimum Gasteiger partial charge on any atom is -0.480 e. The Morgan fingerprint density at radius 1 is 1.33 bits per heavy atom. The van der Waals surface area contributed by atoms with Crippen LogP contribution in [0, 0.1) is 0 Å². The summed E-state index contributed by atoms with van der Waals surface area (Å²) in [6.07, 6.45) is 3.16. The molecule has 0 radical (unpaired) electrons. The molecule has 0 rings (SSSR count). The van der Waals surface area contributed by atoms with Crippen LogP contribution in [0.5, 0.6) is 0 Å². The summed E-state index contributed by atoms with van der Waals surface area (Å²) in [7, 11) is 0. The molecule has 84 valence electrons. The first kappa shape index (κ1) is 13.4. The Hall–Kier alpha value is -1.65. The number of allylic oxidation sites excluding steroid dienone is 1. The number of carboxylic acid groups (broad SMARTS) is 1. The Bertz CT molecular complexity index is 283. The molecule has 0 saturated heterocycles. The van der Waals surface area contributed by atoms with E-state index < -0.39 is 17.9 Å². The number of rotatable bonds is 6. The van der Waals surface area contributed by atoms with Crippen molar-refractivity contribution in [3.05, 3.63) is 12.2 Å². The fourth-order valence-corrected chi connectivity index (χ4v) is 0.959. The molecular weight excluding hydrogens is 198 g/mol. The number of carboxylic acids is 1. The molecule has 0 fully saturated rings. The number of aliphatic carboxylic acids is 1. The molecule has 0 spiro atoms. The van der Waals surface area contributed by atoms with Crippen LogP contribution in [0.4, 0.5) is 0 Å². The smallest absolute Gasteiger partial charge is 0.326 e. The molecule has 5 heteroatoms. The summed E-state index contributed by atoms with van der Waals surface area (Å²) in [4.78, 5) is 32.3. The zero-order chi connectivity index (χ0) is 11.8. The molecule has 0 aliphatic heterocycles. The van der Waals surface area contributed by atoms with Gasteiger partial charge in [0.1, 0.15) is 6.04 Å². The summed E-state index contributed by atoms with van der Waals surface area (Å²) in [5.41, 5.74) is 0. The number of hydrogen-bond acceptors (Lipinski definition) is 3. The minimum atomic E-state index is -1.07. The Morgan fingerprint density at radius 2 is 1.93 bits per heavy atom. The third-order valence-electron chi connectivity index (χ3n) is 1.66. The lowest BCUT2D eigenvalue weighted by Crippen LogP contribution is -2.39. The van der Waals surface area contributed by atoms with Gasteiger partial charge in [0.2, 0.25) is 5.91 Å². The quantitative estimate of drug-likeness (QED) is 0.629. The predicted molar refractivity (Wildman–Crippen MR) is 54.3 cm³/mol. The number of carbonyl (C=O) groups is 3. The van der Waals surface area contributed by atoms with Crippen LogP contribution in [-0.4, -0.2) is 28.8 Å². The average Bonchev–Trinajstić information content (AvgIpc) is 2.14. The molecule has 0 aromatic carbocycles. The van der Waals surface area contributed by atoms with Crippen LogP contribution in [-0.2, 0) is 14.4 Å². The summed E-state index contributed by atoms with van der Waals surface area (Å²) >= 11 is 0. The highest BCUT2D eigenvalue weighted by Crippen LogP contribution is 1.96. The van der Waals surface area contributed by atoms with E-state index in [2.05, 4.69) is 5.32 Å². The first-order valence-electron chi connectivity index (χ1n) is 4.69. The van der Waals surface area contributed by atoms with Crippen molar-refractivity contribution in [3.63, 3.8) is 0 Å². The molecule has 2 N–H and O–H groups in total. The van der Waals surface area contributed by atoms with Crippen LogP contribution in [0.1, 0.15) is 26.7 Å². The zero-order valence-corrected chi connectivity index (χ0v) is 8.82. The highest BCUT2D eigenvalue weighted by molar-refractivity contribution is 5.97. The van der Waals surface area contributed by atoms with Gasteiger partial charge in [-0.1, -0.05) is 13.3 Å². The molecular formula is C10H15NO4. The zero-order valence-electron chi connectivity index (χ0n) is 8.82. The van der Waals surface area contributed by atoms with Gasteiger partial charge in [-0.3, -0.25) is 9.59 Å². The van der Waals surface area contributed by atoms with Gasteiger partial charge in [-0.15, -0.1) is 0 Å². The first-order chi connectivity index (χ1) is 6.97. The van der Waals surface area contributed by atoms with Gasteiger partial charge < -0.3 is 10.4 Å². The van der Waals surface area contributed by atoms with E-state index in [1.807, 2.05) is 6.92 Å². The van der Waals surface area contributed by atoms with Gasteiger partial charge in [0, 0.05) is 6.08 Å². The molecule has 1 atom stereocenters. The SMILES string of the molecule is CCC[C@@H](NC(=O)/C=C/C(C)=O)C(=O)O. The molecule has 1 amide bonds. The third kappa shape index (κ3) is 6.42. The fraction of sp³-hybridized carbons (Fsp3) is 0.500. The van der Waals surface area contributed by atoms with Crippen molar-refractivity contribution in [2.75, 3.05) is 0 Å². The van der Waals surface area contributed by atoms with E-state index in [4.69, 9.17) is 5.11 Å². The summed E-state index contributed by atoms with van der Waals surface area (Å²) in [6.45, 7) is 3.14. The second kappa shape index (κ2) is 6.75. The van der Waals surface area contributed by atoms with Gasteiger partial charge in [0.05, 0.1) is 0 Å². The monoisotopic (exact) mass is 213 g/mol. The molecule has 15 heavy (non-hydrogen) atoms. The summed E-state index contributed by atoms with van der Waals surface area (Å²) < 4.78 is 0. The van der Waals surface area contributed by atoms with Crippen molar-refractivity contribution in [1.29, 1.82) is 0 Å². The normalized spacial score (nSPS) is 12.4. The van der Waals surface area contributed by atoms with Gasteiger partial charge in [-0.2, -0.15) is 0 Å². The van der Waals surface area contributed by atoms with E-state index in [0.29, 0.717) is 12.8 Å². The summed E-state index contributed by atoms with van der Waals surface area (Å²) in [5.74, 6) is -1.89. The topological polar surface area (TPSA) is 83.5 Å². The Kier molecular flexibility index (Phi) is 6.01. The van der Waals surface area contributed by atoms with E-state index in [1.165, 1.54) is 6.92 Å². The van der Waals surface area contributed by atoms with Crippen molar-refractivity contribution < 1.29 is 19.5 Å². The molecule has 0 aliphatic carbocycles. The van der Waals surface area contributed by atoms with Crippen LogP contribution < -0.4 is 5.32 Å². The van der Waals surface area contributed by atoms with Crippen LogP contribution in [0.3, 0.4) is 0 Å². The summed E-state index contributed by atoms with van der Waals surface area (Å²) in [5, 5.41) is 11.0. The number of carbonyl (C=O) groups excluding carboxylic acids is 2. The van der Waals surface area contributed by atoms with E-state index >= 15 is 0 Å². The largest absolute Gasteiger partial charge is 0.480 e. The van der Waals surface area contributed by atoms with E-state index in [-0.39, 0.29) is 5.78 Å². The summed E-state index contributed by atoms with van der Waals surface area (Å²) in [6, 6.07) is -0.890. The second-order valence-corrected chi connectivity index (χ2v) is 3.13. The number of nitrogens with one attached hydrogen (secondary N) is 1. The van der Waals surface area contributed by atoms with Crippen molar-refractivity contribution in [1.82, 2.24) is 5.32 Å². The Morgan fingerprint density at radius 3 is 2.33 bits per heavy atom. The lowest BCUT2D eigenvalue weighted by Gasteiger charge is -2.11. The van der Waals surface area contributed by atoms with Crippen molar-refractivity contribution >= 4 is 17.7 Å². The molecule has 0 aromatic heterocycles. The average molecular weight is 213 g/mol. The van der Waals surface area contributed by atoms with Gasteiger partial charge in [0.25, 0.3) is 0 Å². The molecule has 0 aromatic rings. The van der Waals surface area contributed by atoms with Crippen LogP contribution in [0.25, 0.3) is 0 Å². The van der Waals surface area contributed by atoms with Gasteiger partial charge in [-0.05, 0) is 19.4 Å². The van der Waals surface area contributed by atoms with Crippen LogP contribution in [0.15, 0.2) is 12.2 Å². The molecule has 0 saturated carbocycles. The second-order valence-electron chi connectivity index (χ2n) is 3.13. The highest BCUT2D eigenvalue weighted by Gasteiger charge is 2.17. The maximum Gasteiger partial charge on any atom is 0.326 e. The van der Waals surface area contributed by atoms with Gasteiger partial charge >= 0.3 is 5.97 Å². The van der Waals surface area contributed by atoms with Gasteiger partial charge in [0.15, 0.2) is 5.78 Å². The lowest BCUT2D eigenvalue weighted by molar-refractivity contribution is -0.141. The number of hydrogen-bond donors (Lipinski definition) is 2. The number of ketones is 1. The first-order valence-corrected chi connectivity index (χ1v) is 4.69. The molecule has 0 heterocycles. The van der Waals surface area contributed by atoms with E-state index in [1.54, 1.807) is 0 Å². The molecule has 5 nitrogen and oxygen atoms in total. The van der Waals surface area contributed by atoms with Crippen LogP contribution >= 0.6 is 0 Å². The molecule has 0 unspecified atom stereocenters. The molecule has 0 aliphatic rings. The Labute approximate surface area is 88.2 Å². The maximum absolute atomic E-state index is 11.1. The standard InChI is InChI=1S/C10H15NO4/c1-3-4-8(10(14)15)11-9(13)6-5-7(2)12/h5-6,8H,3-4H2,1-2H3,(H,11,13)(H,14,15)/b6-5+/t8-/m1/s1. The maximum atomic E-state index is 11.1. The van der Waals surface area contributed by atoms with E-state index in [9.17, 15) is 14.4 Å². The van der Waals surface area contributed by atoms with Gasteiger partial charge in [-0.25, -0.2) is 4.79 Å². The molecule has 0 bridgehead atoms. The Balaban J connectivity index is 4.23. The number of amides is 1. The predicted octanol–water partition coefficient (Wildman–Crippen LogP) is 0.501. The third-order valence-corrected chi connectivity index (χ3v) is 1.66. The minimum absolute atomic E-state index is 0.257. The van der Waals surface area contributed by atoms with Crippen molar-refractivity contribution in [3.8, 4) is 0 Å². The van der Waals surface area contributed by atoms with Crippen LogP contribution in [0.2, 0.25) is 0 Å². The van der Waals surface area contributed by atoms with Crippen molar-refractivity contribution in [2.24, 2.45) is 0 Å². The van der Waals surface area contributed by atoms with Crippen molar-refractivity contribution in [2.45, 2.75) is 32.7 Å².